The van der Waals surface area contributed by atoms with Gasteiger partial charge in [-0.25, -0.2) is 24.8 Å². The lowest BCUT2D eigenvalue weighted by Gasteiger charge is -2.46. The molecule has 0 amide bonds. The van der Waals surface area contributed by atoms with E-state index >= 15 is 0 Å². The number of nitrogens with one attached hydrogen (secondary N) is 1. The van der Waals surface area contributed by atoms with E-state index in [1.54, 1.807) is 18.2 Å². The molecule has 5 rings (SSSR count). The standard InChI is InChI=1S/C25H26ClN7O2/c1-4-16-8-28-25(29-9-16)33-10-17-12-34-13-18(11-33)22(17)35-24-15(2)23(30-14-31-24)32-21-6-5-19(27-3)7-20(21)26/h5-9,14,17-18,22H,4,10-13H2,1-2H3,(H,30,31,32). The lowest BCUT2D eigenvalue weighted by Crippen LogP contribution is -2.58. The Bertz CT molecular complexity index is 1230. The topological polar surface area (TPSA) is 89.7 Å². The summed E-state index contributed by atoms with van der Waals surface area (Å²) in [5.41, 5.74) is 3.07. The summed E-state index contributed by atoms with van der Waals surface area (Å²) in [7, 11) is 0. The molecule has 4 heterocycles. The Hall–Kier alpha value is -3.48. The predicted molar refractivity (Wildman–Crippen MR) is 134 cm³/mol. The molecular formula is C25H26ClN7O2. The maximum absolute atomic E-state index is 7.14. The molecule has 180 valence electrons. The molecule has 2 aromatic heterocycles. The lowest BCUT2D eigenvalue weighted by atomic mass is 9.84. The molecule has 1 aromatic carbocycles. The molecule has 2 fully saturated rings. The first-order chi connectivity index (χ1) is 17.1. The van der Waals surface area contributed by atoms with Crippen LogP contribution in [0.1, 0.15) is 18.1 Å². The second-order valence-corrected chi connectivity index (χ2v) is 9.25. The zero-order valence-corrected chi connectivity index (χ0v) is 20.4. The number of piperidine rings is 1. The number of nitrogens with zero attached hydrogens (tertiary/aromatic N) is 6. The van der Waals surface area contributed by atoms with Gasteiger partial charge in [-0.15, -0.1) is 0 Å². The van der Waals surface area contributed by atoms with E-state index in [-0.39, 0.29) is 17.9 Å². The predicted octanol–water partition coefficient (Wildman–Crippen LogP) is 4.62. The summed E-state index contributed by atoms with van der Waals surface area (Å²) in [5.74, 6) is 2.23. The molecule has 0 radical (unpaired) electrons. The van der Waals surface area contributed by atoms with Gasteiger partial charge in [0.15, 0.2) is 5.69 Å². The fourth-order valence-corrected chi connectivity index (χ4v) is 4.78. The number of rotatable bonds is 6. The van der Waals surface area contributed by atoms with Crippen molar-refractivity contribution in [2.75, 3.05) is 36.5 Å². The number of benzene rings is 1. The smallest absolute Gasteiger partial charge is 0.225 e. The Morgan fingerprint density at radius 1 is 1.17 bits per heavy atom. The van der Waals surface area contributed by atoms with E-state index in [1.165, 1.54) is 6.33 Å². The van der Waals surface area contributed by atoms with Gasteiger partial charge < -0.3 is 19.7 Å². The summed E-state index contributed by atoms with van der Waals surface area (Å²) < 4.78 is 12.4. The van der Waals surface area contributed by atoms with Gasteiger partial charge in [-0.3, -0.25) is 0 Å². The van der Waals surface area contributed by atoms with Crippen LogP contribution in [0.4, 0.5) is 23.1 Å². The number of aromatic nitrogens is 4. The largest absolute Gasteiger partial charge is 0.473 e. The maximum atomic E-state index is 7.14. The van der Waals surface area contributed by atoms with Gasteiger partial charge in [0.2, 0.25) is 11.8 Å². The molecule has 2 saturated heterocycles. The number of fused-ring (bicyclic) bond motifs is 2. The van der Waals surface area contributed by atoms with Crippen LogP contribution in [0.2, 0.25) is 5.02 Å². The molecule has 2 aliphatic rings. The molecule has 10 heteroatoms. The van der Waals surface area contributed by atoms with Gasteiger partial charge in [0.1, 0.15) is 18.2 Å². The van der Waals surface area contributed by atoms with Crippen molar-refractivity contribution >= 4 is 34.7 Å². The van der Waals surface area contributed by atoms with Gasteiger partial charge in [-0.1, -0.05) is 24.6 Å². The molecule has 35 heavy (non-hydrogen) atoms. The Kier molecular flexibility index (Phi) is 6.66. The number of ether oxygens (including phenoxy) is 2. The van der Waals surface area contributed by atoms with E-state index < -0.39 is 0 Å². The lowest BCUT2D eigenvalue weighted by molar-refractivity contribution is -0.0771. The Morgan fingerprint density at radius 3 is 2.57 bits per heavy atom. The zero-order valence-electron chi connectivity index (χ0n) is 19.6. The maximum Gasteiger partial charge on any atom is 0.225 e. The number of hydrogen-bond acceptors (Lipinski definition) is 8. The monoisotopic (exact) mass is 491 g/mol. The van der Waals surface area contributed by atoms with Gasteiger partial charge in [-0.2, -0.15) is 0 Å². The van der Waals surface area contributed by atoms with Crippen LogP contribution < -0.4 is 15.0 Å². The van der Waals surface area contributed by atoms with E-state index in [0.717, 1.165) is 36.6 Å². The van der Waals surface area contributed by atoms with Crippen molar-refractivity contribution in [1.82, 2.24) is 19.9 Å². The second-order valence-electron chi connectivity index (χ2n) is 8.84. The minimum atomic E-state index is -0.0297. The molecule has 3 aromatic rings. The van der Waals surface area contributed by atoms with Crippen molar-refractivity contribution in [2.45, 2.75) is 26.4 Å². The Morgan fingerprint density at radius 2 is 1.91 bits per heavy atom. The van der Waals surface area contributed by atoms with Gasteiger partial charge in [0, 0.05) is 37.3 Å². The number of aryl methyl sites for hydroxylation is 1. The molecule has 2 bridgehead atoms. The van der Waals surface area contributed by atoms with Crippen molar-refractivity contribution in [3.05, 3.63) is 64.5 Å². The number of anilines is 3. The van der Waals surface area contributed by atoms with Crippen LogP contribution in [0.5, 0.6) is 5.88 Å². The highest BCUT2D eigenvalue weighted by molar-refractivity contribution is 6.33. The minimum absolute atomic E-state index is 0.0297. The quantitative estimate of drug-likeness (QED) is 0.500. The molecule has 2 atom stereocenters. The minimum Gasteiger partial charge on any atom is -0.473 e. The normalized spacial score (nSPS) is 21.3. The summed E-state index contributed by atoms with van der Waals surface area (Å²) >= 11 is 6.34. The van der Waals surface area contributed by atoms with Crippen LogP contribution in [0.3, 0.4) is 0 Å². The fraction of sp³-hybridized carbons (Fsp3) is 0.400. The third-order valence-electron chi connectivity index (χ3n) is 6.51. The SMILES string of the molecule is [C-]#[N+]c1ccc(Nc2ncnc(OC3C4COCC3CN(c3ncc(CC)cn3)C4)c2C)c(Cl)c1. The fourth-order valence-electron chi connectivity index (χ4n) is 4.56. The second kappa shape index (κ2) is 10.0. The summed E-state index contributed by atoms with van der Waals surface area (Å²) in [6.07, 6.45) is 6.17. The molecule has 9 nitrogen and oxygen atoms in total. The van der Waals surface area contributed by atoms with E-state index in [1.807, 2.05) is 19.3 Å². The van der Waals surface area contributed by atoms with Crippen LogP contribution >= 0.6 is 11.6 Å². The van der Waals surface area contributed by atoms with E-state index in [9.17, 15) is 0 Å². The first kappa shape index (κ1) is 23.3. The van der Waals surface area contributed by atoms with Gasteiger partial charge >= 0.3 is 0 Å². The average Bonchev–Trinajstić information content (AvgIpc) is 2.87. The van der Waals surface area contributed by atoms with Crippen molar-refractivity contribution in [3.8, 4) is 5.88 Å². The molecule has 2 aliphatic heterocycles. The van der Waals surface area contributed by atoms with Crippen molar-refractivity contribution in [2.24, 2.45) is 11.8 Å². The van der Waals surface area contributed by atoms with E-state index in [4.69, 9.17) is 27.6 Å². The van der Waals surface area contributed by atoms with Crippen molar-refractivity contribution in [3.63, 3.8) is 0 Å². The molecular weight excluding hydrogens is 466 g/mol. The number of halogens is 1. The Balaban J connectivity index is 1.32. The first-order valence-electron chi connectivity index (χ1n) is 11.6. The summed E-state index contributed by atoms with van der Waals surface area (Å²) in [5, 5.41) is 3.69. The highest BCUT2D eigenvalue weighted by atomic mass is 35.5. The summed E-state index contributed by atoms with van der Waals surface area (Å²) in [6.45, 7) is 13.9. The molecule has 2 unspecified atom stereocenters. The van der Waals surface area contributed by atoms with E-state index in [0.29, 0.717) is 41.3 Å². The van der Waals surface area contributed by atoms with Crippen molar-refractivity contribution in [1.29, 1.82) is 0 Å². The average molecular weight is 492 g/mol. The number of hydrogen-bond donors (Lipinski definition) is 1. The van der Waals surface area contributed by atoms with Gasteiger partial charge in [0.25, 0.3) is 0 Å². The molecule has 0 spiro atoms. The highest BCUT2D eigenvalue weighted by Crippen LogP contribution is 2.35. The third kappa shape index (κ3) is 4.85. The van der Waals surface area contributed by atoms with Crippen LogP contribution in [0, 0.1) is 25.3 Å². The van der Waals surface area contributed by atoms with Crippen LogP contribution in [-0.4, -0.2) is 52.3 Å². The summed E-state index contributed by atoms with van der Waals surface area (Å²) in [4.78, 5) is 23.6. The Labute approximate surface area is 209 Å². The van der Waals surface area contributed by atoms with E-state index in [2.05, 4.69) is 41.9 Å². The highest BCUT2D eigenvalue weighted by Gasteiger charge is 2.43. The van der Waals surface area contributed by atoms with Crippen LogP contribution in [0.15, 0.2) is 36.9 Å². The van der Waals surface area contributed by atoms with Gasteiger partial charge in [0.05, 0.1) is 36.1 Å². The summed E-state index contributed by atoms with van der Waals surface area (Å²) in [6, 6.07) is 5.10. The molecule has 0 saturated carbocycles. The van der Waals surface area contributed by atoms with Gasteiger partial charge in [-0.05, 0) is 31.0 Å². The molecule has 0 aliphatic carbocycles. The van der Waals surface area contributed by atoms with Crippen molar-refractivity contribution < 1.29 is 9.47 Å². The third-order valence-corrected chi connectivity index (χ3v) is 6.82. The zero-order chi connectivity index (χ0) is 24.4. The van der Waals surface area contributed by atoms with Crippen LogP contribution in [0.25, 0.3) is 4.85 Å². The molecule has 1 N–H and O–H groups in total. The van der Waals surface area contributed by atoms with Crippen LogP contribution in [-0.2, 0) is 11.2 Å². The first-order valence-corrected chi connectivity index (χ1v) is 12.0.